The molecule has 0 aliphatic heterocycles. The molecule has 0 unspecified atom stereocenters. The minimum absolute atomic E-state index is 0.392. The van der Waals surface area contributed by atoms with Crippen molar-refractivity contribution < 1.29 is 8.83 Å². The van der Waals surface area contributed by atoms with Gasteiger partial charge in [0.1, 0.15) is 11.2 Å². The maximum absolute atomic E-state index is 6.92. The number of hydrogen-bond acceptors (Lipinski definition) is 5. The molecule has 0 aliphatic rings. The van der Waals surface area contributed by atoms with E-state index in [1.807, 2.05) is 11.8 Å². The lowest BCUT2D eigenvalue weighted by molar-refractivity contribution is 0.669. The molecule has 0 aliphatic carbocycles. The molecule has 0 atom stereocenters. The molecule has 0 fully saturated rings. The lowest BCUT2D eigenvalue weighted by Crippen LogP contribution is -2.37. The number of fused-ring (bicyclic) bond motifs is 6. The minimum Gasteiger partial charge on any atom is -0.454 e. The van der Waals surface area contributed by atoms with Crippen LogP contribution in [0, 0.1) is 0 Å². The maximum Gasteiger partial charge on any atom is 0.159 e. The van der Waals surface area contributed by atoms with Crippen LogP contribution in [0.1, 0.15) is 39.2 Å². The van der Waals surface area contributed by atoms with Gasteiger partial charge in [-0.1, -0.05) is 162 Å². The number of anilines is 6. The molecule has 10 aromatic carbocycles. The van der Waals surface area contributed by atoms with E-state index in [2.05, 4.69) is 233 Å². The summed E-state index contributed by atoms with van der Waals surface area (Å²) in [5, 5.41) is 13.6. The van der Waals surface area contributed by atoms with E-state index in [1.54, 1.807) is 0 Å². The Morgan fingerprint density at radius 1 is 0.433 bits per heavy atom. The van der Waals surface area contributed by atoms with Crippen molar-refractivity contribution in [3.05, 3.63) is 181 Å². The Morgan fingerprint density at radius 3 is 1.39 bits per heavy atom. The standard InChI is InChI=1S/C61H52N2O2SSi/c1-37(2)41-34-39-22-32-50-54(62(42-24-28-44(29-25-42)66-38(3)4)52-18-12-16-48-46-14-8-10-20-56(46)64-60(48)52)36-55(51-33-23-40(35-41)58(39)59(50)51)63(43-26-30-45(31-27-43)67(5,6)7)53-19-13-17-49-47-15-9-11-21-57(47)65-61(49)53/h8-38H,1-7H3. The van der Waals surface area contributed by atoms with Crippen molar-refractivity contribution in [1.82, 2.24) is 0 Å². The van der Waals surface area contributed by atoms with E-state index in [0.717, 1.165) is 78.0 Å². The second-order valence-corrected chi connectivity index (χ2v) is 26.4. The zero-order chi connectivity index (χ0) is 45.7. The van der Waals surface area contributed by atoms with Crippen LogP contribution in [0.2, 0.25) is 19.6 Å². The van der Waals surface area contributed by atoms with Crippen molar-refractivity contribution in [2.24, 2.45) is 0 Å². The lowest BCUT2D eigenvalue weighted by Gasteiger charge is -2.32. The lowest BCUT2D eigenvalue weighted by atomic mass is 9.88. The second kappa shape index (κ2) is 15.8. The van der Waals surface area contributed by atoms with E-state index in [9.17, 15) is 0 Å². The highest BCUT2D eigenvalue weighted by Gasteiger charge is 2.29. The predicted octanol–water partition coefficient (Wildman–Crippen LogP) is 18.5. The van der Waals surface area contributed by atoms with Gasteiger partial charge in [0.15, 0.2) is 11.2 Å². The van der Waals surface area contributed by atoms with Crippen LogP contribution in [-0.2, 0) is 0 Å². The van der Waals surface area contributed by atoms with Gasteiger partial charge >= 0.3 is 0 Å². The average Bonchev–Trinajstić information content (AvgIpc) is 3.91. The van der Waals surface area contributed by atoms with E-state index in [1.165, 1.54) is 48.0 Å². The number of nitrogens with zero attached hydrogens (tertiary/aromatic N) is 2. The number of para-hydroxylation sites is 4. The normalized spacial score (nSPS) is 12.4. The third kappa shape index (κ3) is 6.88. The molecule has 2 aromatic heterocycles. The van der Waals surface area contributed by atoms with Gasteiger partial charge in [-0.05, 0) is 94.4 Å². The van der Waals surface area contributed by atoms with Crippen molar-refractivity contribution in [3.63, 3.8) is 0 Å². The summed E-state index contributed by atoms with van der Waals surface area (Å²) in [6.07, 6.45) is 0. The Balaban J connectivity index is 1.23. The second-order valence-electron chi connectivity index (χ2n) is 19.6. The molecule has 67 heavy (non-hydrogen) atoms. The third-order valence-electron chi connectivity index (χ3n) is 13.6. The van der Waals surface area contributed by atoms with Gasteiger partial charge in [0.05, 0.1) is 30.8 Å². The van der Waals surface area contributed by atoms with Crippen LogP contribution in [0.5, 0.6) is 0 Å². The first-order valence-electron chi connectivity index (χ1n) is 23.5. The molecule has 0 N–H and O–H groups in total. The predicted molar refractivity (Wildman–Crippen MR) is 292 cm³/mol. The van der Waals surface area contributed by atoms with Gasteiger partial charge in [-0.3, -0.25) is 0 Å². The van der Waals surface area contributed by atoms with Crippen LogP contribution in [0.4, 0.5) is 34.1 Å². The van der Waals surface area contributed by atoms with E-state index >= 15 is 0 Å². The topological polar surface area (TPSA) is 32.8 Å². The highest BCUT2D eigenvalue weighted by Crippen LogP contribution is 2.53. The quantitative estimate of drug-likeness (QED) is 0.0776. The first-order valence-corrected chi connectivity index (χ1v) is 27.9. The molecule has 12 aromatic rings. The van der Waals surface area contributed by atoms with Crippen LogP contribution in [0.3, 0.4) is 0 Å². The molecular formula is C61H52N2O2SSi. The van der Waals surface area contributed by atoms with Crippen molar-refractivity contribution in [1.29, 1.82) is 0 Å². The molecule has 0 bridgehead atoms. The summed E-state index contributed by atoms with van der Waals surface area (Å²) in [5.74, 6) is 0.392. The summed E-state index contributed by atoms with van der Waals surface area (Å²) in [6, 6.07) is 65.0. The monoisotopic (exact) mass is 904 g/mol. The fourth-order valence-corrected chi connectivity index (χ4v) is 12.3. The number of hydrogen-bond donors (Lipinski definition) is 0. The Hall–Kier alpha value is -6.99. The van der Waals surface area contributed by atoms with E-state index in [4.69, 9.17) is 8.83 Å². The maximum atomic E-state index is 6.92. The van der Waals surface area contributed by atoms with Gasteiger partial charge < -0.3 is 18.6 Å². The van der Waals surface area contributed by atoms with Crippen molar-refractivity contribution in [3.8, 4) is 0 Å². The molecule has 2 heterocycles. The van der Waals surface area contributed by atoms with E-state index in [-0.39, 0.29) is 0 Å². The molecule has 0 saturated heterocycles. The number of benzene rings is 10. The largest absolute Gasteiger partial charge is 0.454 e. The molecule has 4 nitrogen and oxygen atoms in total. The van der Waals surface area contributed by atoms with Gasteiger partial charge in [0, 0.05) is 59.2 Å². The molecule has 12 rings (SSSR count). The first kappa shape index (κ1) is 41.4. The van der Waals surface area contributed by atoms with Crippen LogP contribution < -0.4 is 15.0 Å². The van der Waals surface area contributed by atoms with Gasteiger partial charge in [0.2, 0.25) is 0 Å². The Bertz CT molecular complexity index is 3820. The summed E-state index contributed by atoms with van der Waals surface area (Å²) < 4.78 is 13.8. The van der Waals surface area contributed by atoms with Crippen LogP contribution >= 0.6 is 11.8 Å². The fraction of sp³-hybridized carbons (Fsp3) is 0.148. The summed E-state index contributed by atoms with van der Waals surface area (Å²) in [5.41, 5.74) is 11.0. The van der Waals surface area contributed by atoms with Gasteiger partial charge in [-0.15, -0.1) is 11.8 Å². The molecule has 0 amide bonds. The summed E-state index contributed by atoms with van der Waals surface area (Å²) in [4.78, 5) is 6.14. The molecule has 0 saturated carbocycles. The van der Waals surface area contributed by atoms with Crippen LogP contribution in [-0.4, -0.2) is 13.3 Å². The minimum atomic E-state index is -1.62. The Labute approximate surface area is 396 Å². The molecule has 328 valence electrons. The Kier molecular flexibility index (Phi) is 9.79. The zero-order valence-electron chi connectivity index (χ0n) is 39.0. The average molecular weight is 905 g/mol. The van der Waals surface area contributed by atoms with Crippen LogP contribution in [0.25, 0.3) is 76.2 Å². The molecule has 0 spiro atoms. The summed E-state index contributed by atoms with van der Waals surface area (Å²) >= 11 is 1.88. The Morgan fingerprint density at radius 2 is 0.910 bits per heavy atom. The zero-order valence-corrected chi connectivity index (χ0v) is 40.8. The first-order chi connectivity index (χ1) is 32.5. The van der Waals surface area contributed by atoms with Crippen molar-refractivity contribution >= 4 is 135 Å². The number of furan rings is 2. The van der Waals surface area contributed by atoms with Gasteiger partial charge in [-0.25, -0.2) is 0 Å². The van der Waals surface area contributed by atoms with E-state index < -0.39 is 8.07 Å². The van der Waals surface area contributed by atoms with Crippen LogP contribution in [0.15, 0.2) is 190 Å². The molecule has 6 heteroatoms. The summed E-state index contributed by atoms with van der Waals surface area (Å²) in [7, 11) is -1.62. The van der Waals surface area contributed by atoms with Gasteiger partial charge in [-0.2, -0.15) is 0 Å². The van der Waals surface area contributed by atoms with Gasteiger partial charge in [0.25, 0.3) is 0 Å². The smallest absolute Gasteiger partial charge is 0.159 e. The highest BCUT2D eigenvalue weighted by atomic mass is 32.2. The summed E-state index contributed by atoms with van der Waals surface area (Å²) in [6.45, 7) is 16.3. The van der Waals surface area contributed by atoms with Crippen molar-refractivity contribution in [2.45, 2.75) is 63.4 Å². The molecule has 0 radical (unpaired) electrons. The van der Waals surface area contributed by atoms with Crippen molar-refractivity contribution in [2.75, 3.05) is 9.80 Å². The third-order valence-corrected chi connectivity index (χ3v) is 16.6. The number of thioether (sulfide) groups is 1. The highest BCUT2D eigenvalue weighted by molar-refractivity contribution is 7.99. The van der Waals surface area contributed by atoms with E-state index in [0.29, 0.717) is 11.2 Å². The number of rotatable bonds is 10. The molecular weight excluding hydrogens is 853 g/mol. The fourth-order valence-electron chi connectivity index (χ4n) is 10.3. The SMILES string of the molecule is CC(C)Sc1ccc(N(c2cc(N(c3ccc([Si](C)(C)C)cc3)c3cccc4c3oc3ccccc34)c3ccc4cc(C(C)C)cc5ccc2c3c54)c2cccc3c2oc2ccccc23)cc1.